The SMILES string of the molecule is CCCCNc1cc(CCCN)cc(S(N)(=O)=O)c1Oc1ccccc1.CCN. The molecule has 0 fully saturated rings. The first-order valence-electron chi connectivity index (χ1n) is 9.93. The van der Waals surface area contributed by atoms with Crippen LogP contribution >= 0.6 is 0 Å². The number of primary sulfonamides is 1. The molecule has 0 unspecified atom stereocenters. The van der Waals surface area contributed by atoms with Gasteiger partial charge in [0, 0.05) is 6.54 Å². The van der Waals surface area contributed by atoms with E-state index in [-0.39, 0.29) is 10.6 Å². The lowest BCUT2D eigenvalue weighted by atomic mass is 10.1. The highest BCUT2D eigenvalue weighted by molar-refractivity contribution is 7.89. The van der Waals surface area contributed by atoms with Gasteiger partial charge in [0.25, 0.3) is 0 Å². The minimum absolute atomic E-state index is 0.0186. The van der Waals surface area contributed by atoms with E-state index in [0.29, 0.717) is 30.9 Å². The van der Waals surface area contributed by atoms with Gasteiger partial charge in [0.05, 0.1) is 5.69 Å². The predicted molar refractivity (Wildman–Crippen MR) is 120 cm³/mol. The van der Waals surface area contributed by atoms with Crippen LogP contribution in [-0.4, -0.2) is 28.1 Å². The van der Waals surface area contributed by atoms with E-state index in [1.54, 1.807) is 18.2 Å². The summed E-state index contributed by atoms with van der Waals surface area (Å²) in [5.74, 6) is 0.775. The van der Waals surface area contributed by atoms with Crippen molar-refractivity contribution in [3.8, 4) is 11.5 Å². The van der Waals surface area contributed by atoms with Crippen molar-refractivity contribution < 1.29 is 13.2 Å². The third-order valence-electron chi connectivity index (χ3n) is 3.90. The Hall–Kier alpha value is -2.13. The van der Waals surface area contributed by atoms with Crippen LogP contribution < -0.4 is 26.7 Å². The molecule has 2 aromatic rings. The van der Waals surface area contributed by atoms with Crippen LogP contribution in [0, 0.1) is 0 Å². The topological polar surface area (TPSA) is 133 Å². The molecule has 29 heavy (non-hydrogen) atoms. The molecule has 7 nitrogen and oxygen atoms in total. The molecule has 162 valence electrons. The Morgan fingerprint density at radius 1 is 1.03 bits per heavy atom. The summed E-state index contributed by atoms with van der Waals surface area (Å²) in [7, 11) is -3.95. The number of sulfonamides is 1. The first-order chi connectivity index (χ1) is 13.9. The standard InChI is InChI=1S/C19H27N3O3S.C2H7N/c1-2-3-12-22-17-13-15(8-7-11-20)14-18(26(21,23)24)19(17)25-16-9-5-4-6-10-16;1-2-3/h4-6,9-10,13-14,22H,2-3,7-8,11-12,20H2,1H3,(H2,21,23,24);2-3H2,1H3. The number of anilines is 1. The number of nitrogens with one attached hydrogen (secondary N) is 1. The van der Waals surface area contributed by atoms with Crippen LogP contribution in [0.15, 0.2) is 47.4 Å². The van der Waals surface area contributed by atoms with Gasteiger partial charge in [-0.15, -0.1) is 0 Å². The zero-order valence-corrected chi connectivity index (χ0v) is 18.2. The molecule has 2 rings (SSSR count). The molecule has 0 spiro atoms. The Balaban J connectivity index is 0.00000132. The maximum Gasteiger partial charge on any atom is 0.241 e. The van der Waals surface area contributed by atoms with Crippen molar-refractivity contribution in [3.63, 3.8) is 0 Å². The number of rotatable bonds is 10. The minimum atomic E-state index is -3.95. The smallest absolute Gasteiger partial charge is 0.241 e. The highest BCUT2D eigenvalue weighted by atomic mass is 32.2. The number of aryl methyl sites for hydroxylation is 1. The van der Waals surface area contributed by atoms with Crippen LogP contribution in [0.1, 0.15) is 38.7 Å². The first kappa shape index (κ1) is 24.9. The van der Waals surface area contributed by atoms with Gasteiger partial charge in [-0.05, 0) is 62.2 Å². The molecule has 0 bridgehead atoms. The van der Waals surface area contributed by atoms with E-state index in [1.165, 1.54) is 0 Å². The fraction of sp³-hybridized carbons (Fsp3) is 0.429. The second kappa shape index (κ2) is 13.2. The van der Waals surface area contributed by atoms with Crippen LogP contribution in [-0.2, 0) is 16.4 Å². The van der Waals surface area contributed by atoms with Crippen LogP contribution in [0.25, 0.3) is 0 Å². The lowest BCUT2D eigenvalue weighted by Crippen LogP contribution is -2.15. The summed E-state index contributed by atoms with van der Waals surface area (Å²) >= 11 is 0. The largest absolute Gasteiger partial charge is 0.454 e. The van der Waals surface area contributed by atoms with Gasteiger partial charge < -0.3 is 21.5 Å². The Bertz CT molecular complexity index is 827. The lowest BCUT2D eigenvalue weighted by Gasteiger charge is -2.18. The fourth-order valence-corrected chi connectivity index (χ4v) is 3.29. The summed E-state index contributed by atoms with van der Waals surface area (Å²) in [4.78, 5) is -0.0186. The van der Waals surface area contributed by atoms with E-state index >= 15 is 0 Å². The second-order valence-corrected chi connectivity index (χ2v) is 8.04. The minimum Gasteiger partial charge on any atom is -0.454 e. The Morgan fingerprint density at radius 3 is 2.24 bits per heavy atom. The molecule has 0 saturated heterocycles. The normalized spacial score (nSPS) is 10.8. The summed E-state index contributed by atoms with van der Waals surface area (Å²) < 4.78 is 30.3. The molecule has 0 heterocycles. The molecule has 7 N–H and O–H groups in total. The highest BCUT2D eigenvalue weighted by Crippen LogP contribution is 2.37. The van der Waals surface area contributed by atoms with Crippen molar-refractivity contribution in [1.29, 1.82) is 0 Å². The van der Waals surface area contributed by atoms with E-state index in [9.17, 15) is 8.42 Å². The third kappa shape index (κ3) is 8.82. The maximum atomic E-state index is 12.2. The number of ether oxygens (including phenoxy) is 1. The van der Waals surface area contributed by atoms with Crippen molar-refractivity contribution in [2.75, 3.05) is 25.0 Å². The van der Waals surface area contributed by atoms with Crippen LogP contribution in [0.5, 0.6) is 11.5 Å². The summed E-state index contributed by atoms with van der Waals surface area (Å²) in [6.07, 6.45) is 3.42. The molecule has 2 aromatic carbocycles. The van der Waals surface area contributed by atoms with Crippen LogP contribution in [0.2, 0.25) is 0 Å². The Kier molecular flexibility index (Phi) is 11.3. The monoisotopic (exact) mass is 422 g/mol. The van der Waals surface area contributed by atoms with Gasteiger partial charge in [-0.1, -0.05) is 38.5 Å². The molecule has 0 amide bonds. The summed E-state index contributed by atoms with van der Waals surface area (Å²) in [5, 5.41) is 8.76. The maximum absolute atomic E-state index is 12.2. The lowest BCUT2D eigenvalue weighted by molar-refractivity contribution is 0.469. The molecule has 0 radical (unpaired) electrons. The van der Waals surface area contributed by atoms with Gasteiger partial charge in [-0.3, -0.25) is 0 Å². The average molecular weight is 423 g/mol. The Labute approximate surface area is 174 Å². The quantitative estimate of drug-likeness (QED) is 0.435. The summed E-state index contributed by atoms with van der Waals surface area (Å²) in [6, 6.07) is 12.5. The number of nitrogens with two attached hydrogens (primary N) is 3. The van der Waals surface area contributed by atoms with E-state index in [2.05, 4.69) is 12.2 Å². The number of hydrogen-bond donors (Lipinski definition) is 4. The van der Waals surface area contributed by atoms with E-state index in [4.69, 9.17) is 21.3 Å². The first-order valence-corrected chi connectivity index (χ1v) is 11.5. The number of benzene rings is 2. The zero-order chi connectivity index (χ0) is 21.7. The zero-order valence-electron chi connectivity index (χ0n) is 17.4. The summed E-state index contributed by atoms with van der Waals surface area (Å²) in [5.41, 5.74) is 11.9. The number of para-hydroxylation sites is 1. The van der Waals surface area contributed by atoms with Gasteiger partial charge in [-0.2, -0.15) is 0 Å². The van der Waals surface area contributed by atoms with Crippen LogP contribution in [0.4, 0.5) is 5.69 Å². The number of hydrogen-bond acceptors (Lipinski definition) is 6. The number of unbranched alkanes of at least 4 members (excludes halogenated alkanes) is 1. The predicted octanol–water partition coefficient (Wildman–Crippen LogP) is 3.19. The molecular formula is C21H34N4O3S. The molecule has 8 heteroatoms. The molecular weight excluding hydrogens is 388 g/mol. The molecule has 0 aliphatic carbocycles. The average Bonchev–Trinajstić information content (AvgIpc) is 2.68. The van der Waals surface area contributed by atoms with Crippen LogP contribution in [0.3, 0.4) is 0 Å². The fourth-order valence-electron chi connectivity index (χ4n) is 2.56. The Morgan fingerprint density at radius 2 is 1.69 bits per heavy atom. The highest BCUT2D eigenvalue weighted by Gasteiger charge is 2.21. The van der Waals surface area contributed by atoms with E-state index in [0.717, 1.165) is 31.4 Å². The van der Waals surface area contributed by atoms with E-state index in [1.807, 2.05) is 31.2 Å². The van der Waals surface area contributed by atoms with Crippen molar-refractivity contribution in [2.45, 2.75) is 44.4 Å². The van der Waals surface area contributed by atoms with Crippen molar-refractivity contribution >= 4 is 15.7 Å². The third-order valence-corrected chi connectivity index (χ3v) is 4.82. The molecule has 0 atom stereocenters. The second-order valence-electron chi connectivity index (χ2n) is 6.51. The molecule has 0 aromatic heterocycles. The molecule has 0 saturated carbocycles. The van der Waals surface area contributed by atoms with Crippen molar-refractivity contribution in [2.24, 2.45) is 16.6 Å². The van der Waals surface area contributed by atoms with Gasteiger partial charge >= 0.3 is 0 Å². The van der Waals surface area contributed by atoms with Crippen molar-refractivity contribution in [1.82, 2.24) is 0 Å². The van der Waals surface area contributed by atoms with E-state index < -0.39 is 10.0 Å². The van der Waals surface area contributed by atoms with Gasteiger partial charge in [0.2, 0.25) is 10.0 Å². The van der Waals surface area contributed by atoms with Gasteiger partial charge in [0.1, 0.15) is 10.6 Å². The van der Waals surface area contributed by atoms with Crippen molar-refractivity contribution in [3.05, 3.63) is 48.0 Å². The molecule has 0 aliphatic rings. The summed E-state index contributed by atoms with van der Waals surface area (Å²) in [6.45, 7) is 5.99. The van der Waals surface area contributed by atoms with Gasteiger partial charge in [0.15, 0.2) is 5.75 Å². The molecule has 0 aliphatic heterocycles. The van der Waals surface area contributed by atoms with Gasteiger partial charge in [-0.25, -0.2) is 13.6 Å².